The number of unbranched alkanes of at least 4 members (excludes halogenated alkanes) is 1. The number of ether oxygens (including phenoxy) is 2. The van der Waals surface area contributed by atoms with E-state index in [9.17, 15) is 4.79 Å². The molecule has 124 valence electrons. The molecule has 0 atom stereocenters. The van der Waals surface area contributed by atoms with Crippen molar-refractivity contribution in [3.63, 3.8) is 0 Å². The van der Waals surface area contributed by atoms with Gasteiger partial charge in [-0.3, -0.25) is 4.79 Å². The molecule has 1 rings (SSSR count). The number of carbonyl (C=O) groups excluding carboxylic acids is 1. The molecule has 1 N–H and O–H groups in total. The fourth-order valence-corrected chi connectivity index (χ4v) is 4.40. The summed E-state index contributed by atoms with van der Waals surface area (Å²) >= 11 is 6.67. The summed E-state index contributed by atoms with van der Waals surface area (Å²) in [7, 11) is 3.23. The molecule has 0 unspecified atom stereocenters. The summed E-state index contributed by atoms with van der Waals surface area (Å²) in [5, 5.41) is 2.95. The molecule has 0 heterocycles. The van der Waals surface area contributed by atoms with Gasteiger partial charge in [0.1, 0.15) is 0 Å². The Labute approximate surface area is 172 Å². The highest BCUT2D eigenvalue weighted by Crippen LogP contribution is 2.23. The molecule has 0 aromatic heterocycles. The third-order valence-corrected chi connectivity index (χ3v) is 7.08. The van der Waals surface area contributed by atoms with Crippen molar-refractivity contribution in [3.8, 4) is 0 Å². The first-order valence-electron chi connectivity index (χ1n) is 6.92. The van der Waals surface area contributed by atoms with Crippen molar-refractivity contribution in [1.82, 2.24) is 5.32 Å². The average Bonchev–Trinajstić information content (AvgIpc) is 2.51. The van der Waals surface area contributed by atoms with Crippen LogP contribution in [-0.4, -0.2) is 32.5 Å². The molecule has 7 heteroatoms. The lowest BCUT2D eigenvalue weighted by molar-refractivity contribution is -0.206. The number of rotatable bonds is 8. The van der Waals surface area contributed by atoms with Crippen molar-refractivity contribution < 1.29 is 14.3 Å². The van der Waals surface area contributed by atoms with Gasteiger partial charge in [0.05, 0.1) is 12.1 Å². The van der Waals surface area contributed by atoms with Gasteiger partial charge >= 0.3 is 0 Å². The lowest BCUT2D eigenvalue weighted by Gasteiger charge is -2.31. The largest absolute Gasteiger partial charge is 0.352 e. The van der Waals surface area contributed by atoms with Crippen LogP contribution in [0.5, 0.6) is 0 Å². The van der Waals surface area contributed by atoms with Crippen LogP contribution in [-0.2, 0) is 9.47 Å². The zero-order valence-corrected chi connectivity index (χ0v) is 19.3. The fourth-order valence-electron chi connectivity index (χ4n) is 2.00. The van der Waals surface area contributed by atoms with Crippen molar-refractivity contribution in [2.75, 3.05) is 20.8 Å². The van der Waals surface area contributed by atoms with Crippen molar-refractivity contribution in [2.24, 2.45) is 0 Å². The topological polar surface area (TPSA) is 47.6 Å². The van der Waals surface area contributed by atoms with Crippen LogP contribution in [0.25, 0.3) is 0 Å². The number of carbonyl (C=O) groups is 1. The van der Waals surface area contributed by atoms with E-state index in [1.807, 2.05) is 6.07 Å². The smallest absolute Gasteiger partial charge is 0.252 e. The second-order valence-corrected chi connectivity index (χ2v) is 8.34. The normalized spacial score (nSPS) is 11.5. The summed E-state index contributed by atoms with van der Waals surface area (Å²) in [6.45, 7) is 2.45. The molecular formula is C15H20I3NO3. The van der Waals surface area contributed by atoms with Crippen molar-refractivity contribution in [3.05, 3.63) is 28.4 Å². The molecular weight excluding hydrogens is 623 g/mol. The Hall–Kier alpha value is 0.800. The molecule has 0 spiro atoms. The van der Waals surface area contributed by atoms with Crippen LogP contribution in [0.15, 0.2) is 12.1 Å². The van der Waals surface area contributed by atoms with Crippen LogP contribution in [0, 0.1) is 10.7 Å². The Balaban J connectivity index is 2.84. The first kappa shape index (κ1) is 20.8. The summed E-state index contributed by atoms with van der Waals surface area (Å²) in [6.07, 6.45) is 2.78. The van der Waals surface area contributed by atoms with E-state index in [1.165, 1.54) is 0 Å². The number of nitrogens with one attached hydrogen (secondary N) is 1. The van der Waals surface area contributed by atoms with Gasteiger partial charge in [0.2, 0.25) is 0 Å². The van der Waals surface area contributed by atoms with Crippen molar-refractivity contribution in [2.45, 2.75) is 32.0 Å². The highest BCUT2D eigenvalue weighted by Gasteiger charge is 2.30. The number of methoxy groups -OCH3 is 2. The maximum absolute atomic E-state index is 12.5. The molecule has 0 saturated heterocycles. The summed E-state index contributed by atoms with van der Waals surface area (Å²) in [6, 6.07) is 3.95. The highest BCUT2D eigenvalue weighted by molar-refractivity contribution is 14.1. The van der Waals surface area contributed by atoms with E-state index in [-0.39, 0.29) is 5.91 Å². The van der Waals surface area contributed by atoms with Crippen LogP contribution < -0.4 is 5.32 Å². The number of hydrogen-bond donors (Lipinski definition) is 1. The highest BCUT2D eigenvalue weighted by atomic mass is 127. The standard InChI is InChI=1S/C15H20I3NO3/c1-4-5-6-15(21-2,22-3)9-19-14(20)11-7-10(16)8-12(17)13(11)18/h7-8H,4-6,9H2,1-3H3,(H,19,20). The molecule has 0 saturated carbocycles. The maximum Gasteiger partial charge on any atom is 0.252 e. The molecule has 0 radical (unpaired) electrons. The maximum atomic E-state index is 12.5. The molecule has 1 aromatic carbocycles. The Bertz CT molecular complexity index is 519. The first-order valence-corrected chi connectivity index (χ1v) is 10.2. The molecule has 0 aliphatic heterocycles. The number of amides is 1. The van der Waals surface area contributed by atoms with Gasteiger partial charge in [-0.05, 0) is 86.3 Å². The predicted molar refractivity (Wildman–Crippen MR) is 113 cm³/mol. The fraction of sp³-hybridized carbons (Fsp3) is 0.533. The van der Waals surface area contributed by atoms with E-state index < -0.39 is 5.79 Å². The van der Waals surface area contributed by atoms with E-state index in [1.54, 1.807) is 14.2 Å². The van der Waals surface area contributed by atoms with E-state index in [2.05, 4.69) is 86.1 Å². The SMILES string of the molecule is CCCCC(CNC(=O)c1cc(I)cc(I)c1I)(OC)OC. The zero-order chi connectivity index (χ0) is 16.8. The van der Waals surface area contributed by atoms with Gasteiger partial charge in [-0.2, -0.15) is 0 Å². The Kier molecular flexibility index (Phi) is 9.42. The number of hydrogen-bond acceptors (Lipinski definition) is 3. The number of halogens is 3. The van der Waals surface area contributed by atoms with Crippen LogP contribution in [0.1, 0.15) is 36.5 Å². The van der Waals surface area contributed by atoms with Gasteiger partial charge < -0.3 is 14.8 Å². The molecule has 22 heavy (non-hydrogen) atoms. The van der Waals surface area contributed by atoms with E-state index in [4.69, 9.17) is 9.47 Å². The van der Waals surface area contributed by atoms with E-state index in [0.717, 1.165) is 30.0 Å². The summed E-state index contributed by atoms with van der Waals surface area (Å²) in [5.74, 6) is -0.859. The van der Waals surface area contributed by atoms with Crippen LogP contribution in [0.2, 0.25) is 0 Å². The van der Waals surface area contributed by atoms with Crippen molar-refractivity contribution >= 4 is 73.7 Å². The summed E-state index contributed by atoms with van der Waals surface area (Å²) < 4.78 is 14.1. The molecule has 4 nitrogen and oxygen atoms in total. The summed E-state index contributed by atoms with van der Waals surface area (Å²) in [5.41, 5.74) is 0.688. The Morgan fingerprint density at radius 1 is 1.23 bits per heavy atom. The lowest BCUT2D eigenvalue weighted by atomic mass is 10.1. The van der Waals surface area contributed by atoms with Crippen LogP contribution in [0.3, 0.4) is 0 Å². The van der Waals surface area contributed by atoms with E-state index >= 15 is 0 Å². The minimum absolute atomic E-state index is 0.101. The quantitative estimate of drug-likeness (QED) is 0.260. The first-order chi connectivity index (χ1) is 10.4. The minimum atomic E-state index is -0.758. The summed E-state index contributed by atoms with van der Waals surface area (Å²) in [4.78, 5) is 12.5. The second-order valence-electron chi connectivity index (χ2n) is 4.85. The van der Waals surface area contributed by atoms with Gasteiger partial charge in [-0.25, -0.2) is 0 Å². The van der Waals surface area contributed by atoms with Crippen LogP contribution >= 0.6 is 67.8 Å². The average molecular weight is 643 g/mol. The predicted octanol–water partition coefficient (Wildman–Crippen LogP) is 4.41. The molecule has 0 aliphatic rings. The zero-order valence-electron chi connectivity index (χ0n) is 12.8. The third kappa shape index (κ3) is 5.71. The third-order valence-electron chi connectivity index (χ3n) is 3.41. The Morgan fingerprint density at radius 3 is 2.41 bits per heavy atom. The van der Waals surface area contributed by atoms with Gasteiger partial charge in [0.15, 0.2) is 5.79 Å². The lowest BCUT2D eigenvalue weighted by Crippen LogP contribution is -2.46. The van der Waals surface area contributed by atoms with Gasteiger partial charge in [0.25, 0.3) is 5.91 Å². The number of benzene rings is 1. The second kappa shape index (κ2) is 9.94. The molecule has 0 aliphatic carbocycles. The van der Waals surface area contributed by atoms with E-state index in [0.29, 0.717) is 12.1 Å². The Morgan fingerprint density at radius 2 is 1.86 bits per heavy atom. The molecule has 0 fully saturated rings. The van der Waals surface area contributed by atoms with Gasteiger partial charge in [-0.1, -0.05) is 13.3 Å². The van der Waals surface area contributed by atoms with Gasteiger partial charge in [0, 0.05) is 31.4 Å². The monoisotopic (exact) mass is 643 g/mol. The van der Waals surface area contributed by atoms with Crippen molar-refractivity contribution in [1.29, 1.82) is 0 Å². The molecule has 0 bridgehead atoms. The molecule has 1 amide bonds. The van der Waals surface area contributed by atoms with Gasteiger partial charge in [-0.15, -0.1) is 0 Å². The van der Waals surface area contributed by atoms with Crippen LogP contribution in [0.4, 0.5) is 0 Å². The molecule has 1 aromatic rings. The minimum Gasteiger partial charge on any atom is -0.352 e.